The van der Waals surface area contributed by atoms with Crippen LogP contribution in [0.3, 0.4) is 0 Å². The van der Waals surface area contributed by atoms with Crippen molar-refractivity contribution in [2.75, 3.05) is 18.5 Å². The normalized spacial score (nSPS) is 16.3. The minimum atomic E-state index is -7.31. The molecule has 27 heteroatoms. The minimum Gasteiger partial charge on any atom is -0.743 e. The number of rotatable bonds is 28. The molecule has 0 saturated heterocycles. The van der Waals surface area contributed by atoms with Crippen molar-refractivity contribution in [3.05, 3.63) is 234 Å². The van der Waals surface area contributed by atoms with E-state index in [2.05, 4.69) is 121 Å². The molecule has 0 aliphatic heterocycles. The van der Waals surface area contributed by atoms with E-state index in [1.165, 1.54) is 36.6 Å². The summed E-state index contributed by atoms with van der Waals surface area (Å²) in [5.74, 6) is -5.15. The molecular formula is C88H92BrF17INaO6S. The molecule has 3 aliphatic carbocycles. The summed E-state index contributed by atoms with van der Waals surface area (Å²) in [4.78, 5) is 0. The van der Waals surface area contributed by atoms with E-state index in [-0.39, 0.29) is 109 Å². The van der Waals surface area contributed by atoms with Crippen molar-refractivity contribution in [2.45, 2.75) is 235 Å². The molecule has 0 fully saturated rings. The van der Waals surface area contributed by atoms with E-state index in [1.54, 1.807) is 24.3 Å². The van der Waals surface area contributed by atoms with E-state index in [1.807, 2.05) is 87.5 Å². The van der Waals surface area contributed by atoms with Crippen molar-refractivity contribution in [1.82, 2.24) is 0 Å². The molecule has 0 bridgehead atoms. The number of hydrogen-bond acceptors (Lipinski definition) is 6. The Morgan fingerprint density at radius 2 is 0.643 bits per heavy atom. The van der Waals surface area contributed by atoms with Crippen LogP contribution in [-0.4, -0.2) is 67.5 Å². The van der Waals surface area contributed by atoms with Gasteiger partial charge in [-0.3, -0.25) is 0 Å². The van der Waals surface area contributed by atoms with Crippen LogP contribution < -0.4 is 39.0 Å². The predicted molar refractivity (Wildman–Crippen MR) is 422 cm³/mol. The van der Waals surface area contributed by atoms with Crippen LogP contribution in [0.5, 0.6) is 11.5 Å². The molecule has 620 valence electrons. The molecule has 8 aromatic carbocycles. The summed E-state index contributed by atoms with van der Waals surface area (Å²) in [5, 5.41) is -5.98. The first-order chi connectivity index (χ1) is 52.6. The molecule has 115 heavy (non-hydrogen) atoms. The molecule has 0 aromatic heterocycles. The molecule has 0 saturated carbocycles. The van der Waals surface area contributed by atoms with Crippen LogP contribution in [-0.2, 0) is 53.3 Å². The van der Waals surface area contributed by atoms with Gasteiger partial charge in [-0.15, -0.1) is 0 Å². The second-order valence-electron chi connectivity index (χ2n) is 32.3. The van der Waals surface area contributed by atoms with Gasteiger partial charge in [0.1, 0.15) is 11.5 Å². The standard InChI is InChI=1S/C34H33F11O5S.C30H32F3IO.C24H28BrF3.Na/c1-20-8-14-24-25-15-11-22(19-27(25)28(2,3)26(24)18-20)29(4,31(37,38)39)16-6-5-7-17-49-23-12-9-21(10-13-23)30(35,36)32(40,41)50-33(42,43)34(44,45)51(46,47)48;1-20-8-14-24-25-15-9-21(19-27(25)28(2,3)26(24)18-20)29(4,30(31,32)33)16-6-5-7-17-35-23-12-10-22(34)11-13-23;1-16-8-10-18-19-11-9-17(15-21(19)22(2,3)20(18)14-16)23(4,24(26,27)28)12-6-5-7-13-25;/h8-15,18-19H,5-7,16-17H2,1-4H3,(H,46,47,48);8-15,18-19H,5-7,16-17H2,1-4H3;8-11,14-15H,5-7,12-13H2,1-4H3;/q;;;+1/p-1. The van der Waals surface area contributed by atoms with Gasteiger partial charge < -0.3 is 14.0 Å². The first-order valence-electron chi connectivity index (χ1n) is 37.4. The summed E-state index contributed by atoms with van der Waals surface area (Å²) >= 11 is 5.59. The van der Waals surface area contributed by atoms with Crippen LogP contribution in [0, 0.1) is 24.3 Å². The smallest absolute Gasteiger partial charge is 0.743 e. The third kappa shape index (κ3) is 19.4. The van der Waals surface area contributed by atoms with E-state index in [4.69, 9.17) is 9.47 Å². The summed E-state index contributed by atoms with van der Waals surface area (Å²) in [6.07, 6.45) is -21.8. The van der Waals surface area contributed by atoms with Crippen molar-refractivity contribution in [1.29, 1.82) is 0 Å². The van der Waals surface area contributed by atoms with Gasteiger partial charge in [0.15, 0.2) is 10.1 Å². The number of aryl methyl sites for hydroxylation is 3. The van der Waals surface area contributed by atoms with E-state index in [9.17, 15) is 87.6 Å². The first kappa shape index (κ1) is 94.7. The van der Waals surface area contributed by atoms with Gasteiger partial charge in [-0.2, -0.15) is 74.6 Å². The molecule has 0 amide bonds. The maximum Gasteiger partial charge on any atom is 1.00 e. The van der Waals surface area contributed by atoms with Gasteiger partial charge in [0, 0.05) is 30.7 Å². The van der Waals surface area contributed by atoms with Gasteiger partial charge in [0.2, 0.25) is 0 Å². The molecule has 0 heterocycles. The van der Waals surface area contributed by atoms with Crippen molar-refractivity contribution < 1.29 is 131 Å². The molecule has 3 unspecified atom stereocenters. The zero-order chi connectivity index (χ0) is 84.8. The quantitative estimate of drug-likeness (QED) is 0.0121. The Balaban J connectivity index is 0.000000226. The maximum atomic E-state index is 14.6. The fraction of sp³-hybridized carbons (Fsp3) is 0.455. The maximum absolute atomic E-state index is 14.6. The van der Waals surface area contributed by atoms with Gasteiger partial charge >= 0.3 is 71.5 Å². The molecule has 8 aromatic rings. The summed E-state index contributed by atoms with van der Waals surface area (Å²) in [5.41, 5.74) is 7.86. The van der Waals surface area contributed by atoms with Gasteiger partial charge in [0.25, 0.3) is 0 Å². The molecule has 6 nitrogen and oxygen atoms in total. The Morgan fingerprint density at radius 3 is 0.930 bits per heavy atom. The summed E-state index contributed by atoms with van der Waals surface area (Å²) in [6.45, 7) is 22.6. The van der Waals surface area contributed by atoms with Crippen molar-refractivity contribution in [3.8, 4) is 44.9 Å². The van der Waals surface area contributed by atoms with Gasteiger partial charge in [-0.25, -0.2) is 13.2 Å². The number of ether oxygens (including phenoxy) is 3. The Hall–Kier alpha value is -5.75. The molecule has 11 rings (SSSR count). The van der Waals surface area contributed by atoms with Crippen LogP contribution in [0.15, 0.2) is 158 Å². The van der Waals surface area contributed by atoms with Crippen molar-refractivity contribution in [2.24, 2.45) is 0 Å². The third-order valence-corrected chi connectivity index (χ3v) is 25.2. The predicted octanol–water partition coefficient (Wildman–Crippen LogP) is 24.6. The van der Waals surface area contributed by atoms with E-state index >= 15 is 0 Å². The molecule has 0 N–H and O–H groups in total. The third-order valence-electron chi connectivity index (χ3n) is 23.1. The van der Waals surface area contributed by atoms with Crippen LogP contribution in [0.2, 0.25) is 0 Å². The van der Waals surface area contributed by atoms with E-state index in [0.717, 1.165) is 108 Å². The number of hydrogen-bond donors (Lipinski definition) is 0. The Bertz CT molecular complexity index is 4870. The zero-order valence-electron chi connectivity index (χ0n) is 66.2. The van der Waals surface area contributed by atoms with E-state index in [0.29, 0.717) is 49.1 Å². The van der Waals surface area contributed by atoms with Gasteiger partial charge in [-0.1, -0.05) is 222 Å². The Kier molecular flexibility index (Phi) is 28.9. The summed E-state index contributed by atoms with van der Waals surface area (Å²) < 4.78 is 285. The van der Waals surface area contributed by atoms with Gasteiger partial charge in [-0.05, 0) is 235 Å². The number of fused-ring (bicyclic) bond motifs is 9. The first-order valence-corrected chi connectivity index (χ1v) is 41.0. The Labute approximate surface area is 706 Å². The number of unbranched alkanes of at least 4 members (excludes halogenated alkanes) is 6. The minimum absolute atomic E-state index is 0. The average Bonchev–Trinajstić information content (AvgIpc) is 1.43. The number of benzene rings is 8. The van der Waals surface area contributed by atoms with Crippen molar-refractivity contribution >= 4 is 48.6 Å². The van der Waals surface area contributed by atoms with Gasteiger partial charge in [0.05, 0.1) is 29.5 Å². The fourth-order valence-electron chi connectivity index (χ4n) is 15.5. The van der Waals surface area contributed by atoms with Crippen molar-refractivity contribution in [3.63, 3.8) is 0 Å². The summed E-state index contributed by atoms with van der Waals surface area (Å²) in [6, 6.07) is 44.0. The monoisotopic (exact) mass is 1830 g/mol. The fourth-order valence-corrected chi connectivity index (χ4v) is 16.6. The van der Waals surface area contributed by atoms with E-state index < -0.39 is 79.3 Å². The molecule has 3 atom stereocenters. The second kappa shape index (κ2) is 35.1. The summed E-state index contributed by atoms with van der Waals surface area (Å²) in [7, 11) is -7.31. The number of halogens is 19. The molecule has 0 radical (unpaired) electrons. The Morgan fingerprint density at radius 1 is 0.374 bits per heavy atom. The van der Waals surface area contributed by atoms with Crippen LogP contribution in [0.4, 0.5) is 74.6 Å². The second-order valence-corrected chi connectivity index (χ2v) is 35.7. The molecule has 0 spiro atoms. The largest absolute Gasteiger partial charge is 1.00 e. The number of alkyl halides is 18. The topological polar surface area (TPSA) is 84.9 Å². The van der Waals surface area contributed by atoms with Crippen LogP contribution in [0.25, 0.3) is 33.4 Å². The molecular weight excluding hydrogens is 1740 g/mol. The average molecular weight is 1830 g/mol. The SMILES string of the molecule is Cc1ccc2c(c1)C(C)(C)c1cc(C(C)(CCCCCBr)C(F)(F)F)ccc1-2.Cc1ccc2c(c1)C(C)(C)c1cc(C(C)(CCCCCOc3ccc(C(F)(F)C(F)(F)OC(F)(F)C(F)(F)S(=O)(=O)[O-])cc3)C(F)(F)F)ccc1-2.Cc1ccc2c(c1)C(C)(C)c1cc(C(C)(CCCCCOc3ccc(I)cc3)C(F)(F)F)ccc1-2.[Na+]. The van der Waals surface area contributed by atoms with Crippen LogP contribution in [0.1, 0.15) is 212 Å². The zero-order valence-corrected chi connectivity index (χ0v) is 72.7. The van der Waals surface area contributed by atoms with Crippen LogP contribution >= 0.6 is 38.5 Å². The molecule has 3 aliphatic rings.